The molecule has 0 spiro atoms. The average molecular weight is 385 g/mol. The summed E-state index contributed by atoms with van der Waals surface area (Å²) in [6.45, 7) is 0.380. The molecule has 1 atom stereocenters. The molecule has 3 heterocycles. The third-order valence-corrected chi connectivity index (χ3v) is 4.58. The molecule has 6 nitrogen and oxygen atoms in total. The highest BCUT2D eigenvalue weighted by Crippen LogP contribution is 2.31. The van der Waals surface area contributed by atoms with Gasteiger partial charge in [-0.3, -0.25) is 9.78 Å². The van der Waals surface area contributed by atoms with Crippen LogP contribution in [0, 0.1) is 11.6 Å². The number of hydrogen-bond donors (Lipinski definition) is 0. The lowest BCUT2D eigenvalue weighted by atomic mass is 10.1. The molecule has 1 unspecified atom stereocenters. The first-order valence-corrected chi connectivity index (χ1v) is 8.86. The van der Waals surface area contributed by atoms with E-state index in [-0.39, 0.29) is 35.9 Å². The van der Waals surface area contributed by atoms with Crippen molar-refractivity contribution >= 4 is 5.91 Å². The molecular weight excluding hydrogens is 368 g/mol. The van der Waals surface area contributed by atoms with Crippen LogP contribution in [-0.2, 0) is 6.61 Å². The Morgan fingerprint density at radius 2 is 2.14 bits per heavy atom. The van der Waals surface area contributed by atoms with Gasteiger partial charge in [0.15, 0.2) is 23.9 Å². The summed E-state index contributed by atoms with van der Waals surface area (Å²) in [5.41, 5.74) is 0.975. The maximum absolute atomic E-state index is 13.6. The molecule has 0 saturated carbocycles. The molecule has 0 bridgehead atoms. The number of carbonyl (C=O) groups is 1. The van der Waals surface area contributed by atoms with Crippen LogP contribution < -0.4 is 4.74 Å². The van der Waals surface area contributed by atoms with Crippen molar-refractivity contribution in [2.45, 2.75) is 25.5 Å². The van der Waals surface area contributed by atoms with Crippen LogP contribution in [0.4, 0.5) is 8.78 Å². The standard InChI is InChI=1S/C20H17F2N3O3/c21-13-5-3-8-17(19(13)22)27-12-18-24-15(11-28-18)20(26)25-10-4-7-16(25)14-6-1-2-9-23-14/h1-3,5-6,8-9,11,16H,4,7,10,12H2. The highest BCUT2D eigenvalue weighted by molar-refractivity contribution is 5.92. The molecule has 0 N–H and O–H groups in total. The zero-order valence-electron chi connectivity index (χ0n) is 14.8. The fourth-order valence-electron chi connectivity index (χ4n) is 3.25. The summed E-state index contributed by atoms with van der Waals surface area (Å²) >= 11 is 0. The largest absolute Gasteiger partial charge is 0.481 e. The van der Waals surface area contributed by atoms with Crippen LogP contribution in [0.3, 0.4) is 0 Å². The van der Waals surface area contributed by atoms with Gasteiger partial charge in [-0.1, -0.05) is 12.1 Å². The summed E-state index contributed by atoms with van der Waals surface area (Å²) in [6.07, 6.45) is 4.65. The number of pyridine rings is 1. The Morgan fingerprint density at radius 3 is 2.96 bits per heavy atom. The molecule has 1 aliphatic rings. The second-order valence-electron chi connectivity index (χ2n) is 6.38. The number of rotatable bonds is 5. The Morgan fingerprint density at radius 1 is 1.25 bits per heavy atom. The van der Waals surface area contributed by atoms with E-state index < -0.39 is 11.6 Å². The summed E-state index contributed by atoms with van der Waals surface area (Å²) in [5.74, 6) is -2.50. The molecule has 8 heteroatoms. The van der Waals surface area contributed by atoms with E-state index in [1.807, 2.05) is 18.2 Å². The van der Waals surface area contributed by atoms with Crippen LogP contribution in [-0.4, -0.2) is 27.3 Å². The van der Waals surface area contributed by atoms with E-state index >= 15 is 0 Å². The fraction of sp³-hybridized carbons (Fsp3) is 0.250. The number of amides is 1. The number of ether oxygens (including phenoxy) is 1. The number of benzene rings is 1. The lowest BCUT2D eigenvalue weighted by Crippen LogP contribution is -2.31. The monoisotopic (exact) mass is 385 g/mol. The molecule has 1 amide bonds. The number of halogens is 2. The average Bonchev–Trinajstić information content (AvgIpc) is 3.39. The SMILES string of the molecule is O=C(c1coc(COc2cccc(F)c2F)n1)N1CCCC1c1ccccn1. The van der Waals surface area contributed by atoms with Gasteiger partial charge in [0.25, 0.3) is 5.91 Å². The van der Waals surface area contributed by atoms with E-state index in [4.69, 9.17) is 9.15 Å². The van der Waals surface area contributed by atoms with Crippen molar-refractivity contribution in [2.24, 2.45) is 0 Å². The van der Waals surface area contributed by atoms with E-state index in [0.717, 1.165) is 24.6 Å². The summed E-state index contributed by atoms with van der Waals surface area (Å²) in [5, 5.41) is 0. The van der Waals surface area contributed by atoms with Gasteiger partial charge in [0.1, 0.15) is 6.26 Å². The van der Waals surface area contributed by atoms with Gasteiger partial charge in [0.05, 0.1) is 11.7 Å². The number of aromatic nitrogens is 2. The molecule has 0 radical (unpaired) electrons. The Hall–Kier alpha value is -3.29. The second-order valence-corrected chi connectivity index (χ2v) is 6.38. The molecule has 28 heavy (non-hydrogen) atoms. The number of likely N-dealkylation sites (tertiary alicyclic amines) is 1. The molecule has 3 aromatic rings. The van der Waals surface area contributed by atoms with Crippen LogP contribution in [0.5, 0.6) is 5.75 Å². The lowest BCUT2D eigenvalue weighted by Gasteiger charge is -2.23. The minimum Gasteiger partial charge on any atom is -0.481 e. The van der Waals surface area contributed by atoms with Crippen LogP contribution in [0.1, 0.15) is 41.0 Å². The van der Waals surface area contributed by atoms with Gasteiger partial charge < -0.3 is 14.1 Å². The molecule has 1 aromatic carbocycles. The Labute approximate surface area is 159 Å². The molecule has 0 aliphatic carbocycles. The van der Waals surface area contributed by atoms with Crippen LogP contribution in [0.15, 0.2) is 53.3 Å². The summed E-state index contributed by atoms with van der Waals surface area (Å²) < 4.78 is 37.3. The smallest absolute Gasteiger partial charge is 0.276 e. The van der Waals surface area contributed by atoms with Crippen molar-refractivity contribution in [3.63, 3.8) is 0 Å². The van der Waals surface area contributed by atoms with Crippen LogP contribution >= 0.6 is 0 Å². The Kier molecular flexibility index (Phi) is 5.01. The molecular formula is C20H17F2N3O3. The van der Waals surface area contributed by atoms with E-state index in [2.05, 4.69) is 9.97 Å². The minimum atomic E-state index is -1.08. The van der Waals surface area contributed by atoms with Crippen molar-refractivity contribution in [3.05, 3.63) is 77.8 Å². The summed E-state index contributed by atoms with van der Waals surface area (Å²) in [6, 6.07) is 9.14. The van der Waals surface area contributed by atoms with E-state index in [9.17, 15) is 13.6 Å². The highest BCUT2D eigenvalue weighted by Gasteiger charge is 2.32. The minimum absolute atomic E-state index is 0.0978. The zero-order chi connectivity index (χ0) is 19.5. The van der Waals surface area contributed by atoms with Gasteiger partial charge in [0, 0.05) is 12.7 Å². The first-order chi connectivity index (χ1) is 13.6. The van der Waals surface area contributed by atoms with Crippen molar-refractivity contribution < 1.29 is 22.7 Å². The molecule has 1 saturated heterocycles. The molecule has 4 rings (SSSR count). The number of hydrogen-bond acceptors (Lipinski definition) is 5. The lowest BCUT2D eigenvalue weighted by molar-refractivity contribution is 0.0727. The van der Waals surface area contributed by atoms with Gasteiger partial charge >= 0.3 is 0 Å². The topological polar surface area (TPSA) is 68.5 Å². The van der Waals surface area contributed by atoms with Crippen LogP contribution in [0.25, 0.3) is 0 Å². The maximum Gasteiger partial charge on any atom is 0.276 e. The van der Waals surface area contributed by atoms with Crippen molar-refractivity contribution in [1.82, 2.24) is 14.9 Å². The summed E-state index contributed by atoms with van der Waals surface area (Å²) in [7, 11) is 0. The first-order valence-electron chi connectivity index (χ1n) is 8.86. The number of nitrogens with zero attached hydrogens (tertiary/aromatic N) is 3. The highest BCUT2D eigenvalue weighted by atomic mass is 19.2. The number of carbonyl (C=O) groups excluding carboxylic acids is 1. The van der Waals surface area contributed by atoms with E-state index in [1.54, 1.807) is 11.1 Å². The second kappa shape index (κ2) is 7.75. The van der Waals surface area contributed by atoms with E-state index in [0.29, 0.717) is 6.54 Å². The van der Waals surface area contributed by atoms with Gasteiger partial charge in [-0.25, -0.2) is 9.37 Å². The van der Waals surface area contributed by atoms with Gasteiger partial charge in [-0.15, -0.1) is 0 Å². The molecule has 1 fully saturated rings. The molecule has 2 aromatic heterocycles. The third-order valence-electron chi connectivity index (χ3n) is 4.58. The van der Waals surface area contributed by atoms with Gasteiger partial charge in [-0.05, 0) is 37.1 Å². The third kappa shape index (κ3) is 3.58. The Bertz CT molecular complexity index is 978. The fourth-order valence-corrected chi connectivity index (χ4v) is 3.25. The first kappa shape index (κ1) is 18.1. The predicted octanol–water partition coefficient (Wildman–Crippen LogP) is 3.90. The number of oxazole rings is 1. The van der Waals surface area contributed by atoms with Crippen molar-refractivity contribution in [1.29, 1.82) is 0 Å². The molecule has 1 aliphatic heterocycles. The Balaban J connectivity index is 1.45. The zero-order valence-corrected chi connectivity index (χ0v) is 14.8. The van der Waals surface area contributed by atoms with Crippen molar-refractivity contribution in [2.75, 3.05) is 6.54 Å². The van der Waals surface area contributed by atoms with Gasteiger partial charge in [0.2, 0.25) is 11.7 Å². The van der Waals surface area contributed by atoms with Crippen LogP contribution in [0.2, 0.25) is 0 Å². The van der Waals surface area contributed by atoms with Crippen molar-refractivity contribution in [3.8, 4) is 5.75 Å². The normalized spacial score (nSPS) is 16.4. The molecule has 144 valence electrons. The maximum atomic E-state index is 13.6. The van der Waals surface area contributed by atoms with Gasteiger partial charge in [-0.2, -0.15) is 4.39 Å². The quantitative estimate of drug-likeness (QED) is 0.666. The predicted molar refractivity (Wildman–Crippen MR) is 94.4 cm³/mol. The van der Waals surface area contributed by atoms with E-state index in [1.165, 1.54) is 18.4 Å². The summed E-state index contributed by atoms with van der Waals surface area (Å²) in [4.78, 5) is 23.0.